The van der Waals surface area contributed by atoms with Crippen LogP contribution in [-0.4, -0.2) is 42.2 Å². The first-order chi connectivity index (χ1) is 10.1. The predicted octanol–water partition coefficient (Wildman–Crippen LogP) is 3.46. The van der Waals surface area contributed by atoms with Crippen LogP contribution in [0.5, 0.6) is 0 Å². The molecule has 116 valence electrons. The molecule has 0 amide bonds. The van der Waals surface area contributed by atoms with Crippen LogP contribution in [0.15, 0.2) is 18.2 Å². The molecule has 1 aromatic rings. The van der Waals surface area contributed by atoms with Crippen LogP contribution in [0.3, 0.4) is 0 Å². The van der Waals surface area contributed by atoms with E-state index in [1.807, 2.05) is 12.1 Å². The quantitative estimate of drug-likeness (QED) is 0.926. The van der Waals surface area contributed by atoms with Gasteiger partial charge in [0.2, 0.25) is 0 Å². The van der Waals surface area contributed by atoms with Crippen LogP contribution in [-0.2, 0) is 0 Å². The van der Waals surface area contributed by atoms with Crippen LogP contribution in [0.25, 0.3) is 0 Å². The zero-order chi connectivity index (χ0) is 14.8. The fourth-order valence-electron chi connectivity index (χ4n) is 3.64. The Balaban J connectivity index is 1.63. The standard InChI is InChI=1S/C17H25ClN2O/c1-13(21)14-6-7-17(16(18)12-14)20-10-8-19(9-11-20)15-4-2-3-5-15/h6-7,12-13,15,21H,2-5,8-11H2,1H3/t13-/m0/s1. The van der Waals surface area contributed by atoms with Gasteiger partial charge in [0.1, 0.15) is 0 Å². The average molecular weight is 309 g/mol. The highest BCUT2D eigenvalue weighted by atomic mass is 35.5. The number of aliphatic hydroxyl groups is 1. The number of nitrogens with zero attached hydrogens (tertiary/aromatic N) is 2. The molecule has 1 N–H and O–H groups in total. The first-order valence-corrected chi connectivity index (χ1v) is 8.49. The van der Waals surface area contributed by atoms with Crippen molar-refractivity contribution >= 4 is 17.3 Å². The van der Waals surface area contributed by atoms with E-state index < -0.39 is 6.10 Å². The Labute approximate surface area is 132 Å². The number of benzene rings is 1. The van der Waals surface area contributed by atoms with E-state index in [-0.39, 0.29) is 0 Å². The Kier molecular flexibility index (Phi) is 4.72. The van der Waals surface area contributed by atoms with Crippen molar-refractivity contribution in [2.24, 2.45) is 0 Å². The van der Waals surface area contributed by atoms with E-state index in [4.69, 9.17) is 11.6 Å². The Hall–Kier alpha value is -0.770. The summed E-state index contributed by atoms with van der Waals surface area (Å²) in [5.41, 5.74) is 1.99. The number of hydrogen-bond acceptors (Lipinski definition) is 3. The second-order valence-electron chi connectivity index (χ2n) is 6.35. The van der Waals surface area contributed by atoms with Crippen LogP contribution in [0.2, 0.25) is 5.02 Å². The number of rotatable bonds is 3. The second-order valence-corrected chi connectivity index (χ2v) is 6.76. The summed E-state index contributed by atoms with van der Waals surface area (Å²) < 4.78 is 0. The molecule has 2 fully saturated rings. The monoisotopic (exact) mass is 308 g/mol. The molecule has 1 atom stereocenters. The van der Waals surface area contributed by atoms with Gasteiger partial charge in [-0.3, -0.25) is 4.90 Å². The van der Waals surface area contributed by atoms with Crippen molar-refractivity contribution in [1.82, 2.24) is 4.90 Å². The van der Waals surface area contributed by atoms with Gasteiger partial charge in [-0.2, -0.15) is 0 Å². The summed E-state index contributed by atoms with van der Waals surface area (Å²) >= 11 is 6.40. The second kappa shape index (κ2) is 6.55. The maximum atomic E-state index is 9.63. The summed E-state index contributed by atoms with van der Waals surface area (Å²) in [6.07, 6.45) is 5.10. The minimum Gasteiger partial charge on any atom is -0.389 e. The Morgan fingerprint density at radius 2 is 1.81 bits per heavy atom. The zero-order valence-corrected chi connectivity index (χ0v) is 13.5. The number of piperazine rings is 1. The maximum absolute atomic E-state index is 9.63. The molecule has 0 aromatic heterocycles. The van der Waals surface area contributed by atoms with Crippen LogP contribution in [0.4, 0.5) is 5.69 Å². The fraction of sp³-hybridized carbons (Fsp3) is 0.647. The van der Waals surface area contributed by atoms with Gasteiger partial charge in [0.15, 0.2) is 0 Å². The number of aliphatic hydroxyl groups excluding tert-OH is 1. The molecular weight excluding hydrogens is 284 g/mol. The molecule has 1 aromatic carbocycles. The van der Waals surface area contributed by atoms with Gasteiger partial charge in [-0.25, -0.2) is 0 Å². The van der Waals surface area contributed by atoms with Crippen molar-refractivity contribution in [2.75, 3.05) is 31.1 Å². The number of anilines is 1. The summed E-state index contributed by atoms with van der Waals surface area (Å²) in [4.78, 5) is 5.03. The van der Waals surface area contributed by atoms with Gasteiger partial charge in [0.05, 0.1) is 16.8 Å². The first-order valence-electron chi connectivity index (χ1n) is 8.11. The average Bonchev–Trinajstić information content (AvgIpc) is 3.01. The molecule has 1 saturated carbocycles. The predicted molar refractivity (Wildman–Crippen MR) is 88.1 cm³/mol. The molecule has 0 unspecified atom stereocenters. The molecule has 2 aliphatic rings. The molecule has 1 aliphatic heterocycles. The molecule has 21 heavy (non-hydrogen) atoms. The van der Waals surface area contributed by atoms with E-state index >= 15 is 0 Å². The highest BCUT2D eigenvalue weighted by Crippen LogP contribution is 2.31. The maximum Gasteiger partial charge on any atom is 0.0762 e. The third-order valence-corrected chi connectivity index (χ3v) is 5.25. The zero-order valence-electron chi connectivity index (χ0n) is 12.8. The molecule has 3 rings (SSSR count). The molecule has 1 saturated heterocycles. The SMILES string of the molecule is C[C@H](O)c1ccc(N2CCN(C3CCCC3)CC2)c(Cl)c1. The smallest absolute Gasteiger partial charge is 0.0762 e. The molecular formula is C17H25ClN2O. The normalized spacial score (nSPS) is 22.7. The van der Waals surface area contributed by atoms with E-state index in [1.54, 1.807) is 6.92 Å². The lowest BCUT2D eigenvalue weighted by Gasteiger charge is -2.39. The van der Waals surface area contributed by atoms with Crippen molar-refractivity contribution in [3.63, 3.8) is 0 Å². The summed E-state index contributed by atoms with van der Waals surface area (Å²) in [5.74, 6) is 0. The fourth-order valence-corrected chi connectivity index (χ4v) is 3.95. The molecule has 4 heteroatoms. The third-order valence-electron chi connectivity index (χ3n) is 4.95. The highest BCUT2D eigenvalue weighted by Gasteiger charge is 2.26. The lowest BCUT2D eigenvalue weighted by molar-refractivity contribution is 0.187. The van der Waals surface area contributed by atoms with Crippen LogP contribution < -0.4 is 4.90 Å². The van der Waals surface area contributed by atoms with Crippen LogP contribution in [0, 0.1) is 0 Å². The van der Waals surface area contributed by atoms with Crippen molar-refractivity contribution in [2.45, 2.75) is 44.8 Å². The molecule has 0 spiro atoms. The van der Waals surface area contributed by atoms with E-state index in [0.717, 1.165) is 48.5 Å². The van der Waals surface area contributed by atoms with Gasteiger partial charge < -0.3 is 10.0 Å². The molecule has 1 heterocycles. The molecule has 0 radical (unpaired) electrons. The van der Waals surface area contributed by atoms with Gasteiger partial charge in [-0.15, -0.1) is 0 Å². The largest absolute Gasteiger partial charge is 0.389 e. The van der Waals surface area contributed by atoms with Gasteiger partial charge in [0, 0.05) is 32.2 Å². The van der Waals surface area contributed by atoms with Crippen molar-refractivity contribution in [1.29, 1.82) is 0 Å². The van der Waals surface area contributed by atoms with E-state index in [0.29, 0.717) is 0 Å². The Morgan fingerprint density at radius 3 is 2.38 bits per heavy atom. The van der Waals surface area contributed by atoms with Gasteiger partial charge in [-0.1, -0.05) is 30.5 Å². The minimum absolute atomic E-state index is 0.462. The van der Waals surface area contributed by atoms with Gasteiger partial charge in [0.25, 0.3) is 0 Å². The summed E-state index contributed by atoms with van der Waals surface area (Å²) in [6, 6.07) is 6.75. The van der Waals surface area contributed by atoms with Crippen LogP contribution in [0.1, 0.15) is 44.3 Å². The van der Waals surface area contributed by atoms with Crippen molar-refractivity contribution in [3.05, 3.63) is 28.8 Å². The highest BCUT2D eigenvalue weighted by molar-refractivity contribution is 6.33. The van der Waals surface area contributed by atoms with E-state index in [9.17, 15) is 5.11 Å². The summed E-state index contributed by atoms with van der Waals surface area (Å²) in [5, 5.41) is 10.4. The first kappa shape index (κ1) is 15.1. The lowest BCUT2D eigenvalue weighted by atomic mass is 10.1. The van der Waals surface area contributed by atoms with Crippen LogP contribution >= 0.6 is 11.6 Å². The number of halogens is 1. The summed E-state index contributed by atoms with van der Waals surface area (Å²) in [7, 11) is 0. The van der Waals surface area contributed by atoms with Gasteiger partial charge >= 0.3 is 0 Å². The van der Waals surface area contributed by atoms with Crippen molar-refractivity contribution < 1.29 is 5.11 Å². The molecule has 0 bridgehead atoms. The lowest BCUT2D eigenvalue weighted by Crippen LogP contribution is -2.49. The molecule has 3 nitrogen and oxygen atoms in total. The van der Waals surface area contributed by atoms with E-state index in [1.165, 1.54) is 25.7 Å². The Morgan fingerprint density at radius 1 is 1.14 bits per heavy atom. The summed E-state index contributed by atoms with van der Waals surface area (Å²) in [6.45, 7) is 6.14. The third kappa shape index (κ3) is 3.36. The Bertz CT molecular complexity index is 478. The number of hydrogen-bond donors (Lipinski definition) is 1. The molecule has 1 aliphatic carbocycles. The minimum atomic E-state index is -0.462. The van der Waals surface area contributed by atoms with Crippen molar-refractivity contribution in [3.8, 4) is 0 Å². The van der Waals surface area contributed by atoms with Gasteiger partial charge in [-0.05, 0) is 37.5 Å². The topological polar surface area (TPSA) is 26.7 Å². The van der Waals surface area contributed by atoms with E-state index in [2.05, 4.69) is 15.9 Å².